The summed E-state index contributed by atoms with van der Waals surface area (Å²) in [4.78, 5) is 8.91. The summed E-state index contributed by atoms with van der Waals surface area (Å²) in [5.74, 6) is 0. The zero-order valence-corrected chi connectivity index (χ0v) is 23.1. The first-order valence-corrected chi connectivity index (χ1v) is 14.2. The molecule has 0 amide bonds. The Labute approximate surface area is 240 Å². The first-order valence-electron chi connectivity index (χ1n) is 14.2. The van der Waals surface area contributed by atoms with Gasteiger partial charge in [-0.3, -0.25) is 0 Å². The van der Waals surface area contributed by atoms with E-state index in [1.54, 1.807) is 6.33 Å². The van der Waals surface area contributed by atoms with Crippen molar-refractivity contribution in [3.63, 3.8) is 0 Å². The van der Waals surface area contributed by atoms with E-state index >= 15 is 0 Å². The number of hydrogen-bond donors (Lipinski definition) is 0. The van der Waals surface area contributed by atoms with Crippen molar-refractivity contribution in [3.05, 3.63) is 145 Å². The summed E-state index contributed by atoms with van der Waals surface area (Å²) in [5.41, 5.74) is 12.4. The van der Waals surface area contributed by atoms with Gasteiger partial charge in [-0.1, -0.05) is 117 Å². The topological polar surface area (TPSA) is 25.8 Å². The Kier molecular flexibility index (Phi) is 5.20. The SMILES string of the molecule is CC1(C)c2ccccc2-c2ccc(-c3c4ccccc4c(-c4ccncn4)c4ccc(-c5ccccc5)cc34)cc21. The molecule has 0 spiro atoms. The fourth-order valence-corrected chi connectivity index (χ4v) is 6.87. The van der Waals surface area contributed by atoms with Gasteiger partial charge in [-0.05, 0) is 84.3 Å². The first kappa shape index (κ1) is 23.8. The van der Waals surface area contributed by atoms with Crippen LogP contribution in [0.25, 0.3) is 66.2 Å². The average Bonchev–Trinajstić information content (AvgIpc) is 3.26. The molecule has 0 unspecified atom stereocenters. The van der Waals surface area contributed by atoms with Gasteiger partial charge in [0.15, 0.2) is 0 Å². The van der Waals surface area contributed by atoms with Gasteiger partial charge in [-0.2, -0.15) is 0 Å². The number of aromatic nitrogens is 2. The molecule has 6 aromatic carbocycles. The first-order chi connectivity index (χ1) is 20.1. The van der Waals surface area contributed by atoms with Gasteiger partial charge in [0.2, 0.25) is 0 Å². The minimum Gasteiger partial charge on any atom is -0.245 e. The van der Waals surface area contributed by atoms with E-state index in [1.165, 1.54) is 66.1 Å². The maximum Gasteiger partial charge on any atom is 0.116 e. The highest BCUT2D eigenvalue weighted by molar-refractivity contribution is 6.21. The number of rotatable bonds is 3. The van der Waals surface area contributed by atoms with E-state index in [4.69, 9.17) is 4.98 Å². The third-order valence-electron chi connectivity index (χ3n) is 8.84. The number of hydrogen-bond acceptors (Lipinski definition) is 2. The molecule has 2 heteroatoms. The normalized spacial score (nSPS) is 13.3. The Morgan fingerprint density at radius 1 is 0.488 bits per heavy atom. The van der Waals surface area contributed by atoms with Crippen molar-refractivity contribution in [2.45, 2.75) is 19.3 Å². The molecule has 0 saturated carbocycles. The molecule has 0 atom stereocenters. The van der Waals surface area contributed by atoms with Crippen LogP contribution in [0.1, 0.15) is 25.0 Å². The summed E-state index contributed by atoms with van der Waals surface area (Å²) in [5, 5.41) is 4.85. The van der Waals surface area contributed by atoms with Crippen LogP contribution in [0.2, 0.25) is 0 Å². The van der Waals surface area contributed by atoms with Crippen molar-refractivity contribution in [2.75, 3.05) is 0 Å². The summed E-state index contributed by atoms with van der Waals surface area (Å²) in [7, 11) is 0. The highest BCUT2D eigenvalue weighted by Crippen LogP contribution is 2.51. The van der Waals surface area contributed by atoms with E-state index in [9.17, 15) is 0 Å². The average molecular weight is 525 g/mol. The highest BCUT2D eigenvalue weighted by atomic mass is 14.8. The molecule has 194 valence electrons. The van der Waals surface area contributed by atoms with E-state index < -0.39 is 0 Å². The summed E-state index contributed by atoms with van der Waals surface area (Å²) < 4.78 is 0. The molecule has 0 saturated heterocycles. The van der Waals surface area contributed by atoms with Gasteiger partial charge in [0.1, 0.15) is 6.33 Å². The summed E-state index contributed by atoms with van der Waals surface area (Å²) in [6.45, 7) is 4.70. The van der Waals surface area contributed by atoms with Crippen molar-refractivity contribution >= 4 is 21.5 Å². The van der Waals surface area contributed by atoms with Crippen LogP contribution in [-0.2, 0) is 5.41 Å². The van der Waals surface area contributed by atoms with Crippen LogP contribution in [0.15, 0.2) is 134 Å². The van der Waals surface area contributed by atoms with Crippen molar-refractivity contribution in [1.82, 2.24) is 9.97 Å². The van der Waals surface area contributed by atoms with Crippen LogP contribution in [0, 0.1) is 0 Å². The monoisotopic (exact) mass is 524 g/mol. The standard InChI is InChI=1S/C39H28N2/c1-39(2)34-15-9-8-12-28(34)29-18-17-27(23-35(29)39)37-30-13-6-7-14-31(30)38(36-20-21-40-24-41-36)32-19-16-26(22-33(32)37)25-10-4-3-5-11-25/h3-24H,1-2H3. The molecule has 1 aliphatic carbocycles. The lowest BCUT2D eigenvalue weighted by Crippen LogP contribution is -2.14. The maximum absolute atomic E-state index is 4.71. The summed E-state index contributed by atoms with van der Waals surface area (Å²) >= 11 is 0. The Balaban J connectivity index is 1.48. The fourth-order valence-electron chi connectivity index (χ4n) is 6.87. The van der Waals surface area contributed by atoms with Crippen LogP contribution in [0.4, 0.5) is 0 Å². The maximum atomic E-state index is 4.71. The van der Waals surface area contributed by atoms with Crippen LogP contribution >= 0.6 is 0 Å². The second-order valence-corrected chi connectivity index (χ2v) is 11.4. The van der Waals surface area contributed by atoms with Gasteiger partial charge in [0, 0.05) is 17.2 Å². The van der Waals surface area contributed by atoms with Crippen LogP contribution in [-0.4, -0.2) is 9.97 Å². The molecule has 1 heterocycles. The number of fused-ring (bicyclic) bond motifs is 5. The van der Waals surface area contributed by atoms with Gasteiger partial charge < -0.3 is 0 Å². The molecule has 0 bridgehead atoms. The van der Waals surface area contributed by atoms with E-state index in [0.717, 1.165) is 11.3 Å². The minimum atomic E-state index is -0.0658. The van der Waals surface area contributed by atoms with Gasteiger partial charge in [-0.25, -0.2) is 9.97 Å². The van der Waals surface area contributed by atoms with Crippen molar-refractivity contribution in [3.8, 4) is 44.6 Å². The summed E-state index contributed by atoms with van der Waals surface area (Å²) in [6, 6.07) is 44.2. The predicted molar refractivity (Wildman–Crippen MR) is 171 cm³/mol. The minimum absolute atomic E-state index is 0.0658. The fraction of sp³-hybridized carbons (Fsp3) is 0.0769. The third kappa shape index (κ3) is 3.57. The van der Waals surface area contributed by atoms with Gasteiger partial charge in [0.05, 0.1) is 5.69 Å². The van der Waals surface area contributed by atoms with E-state index in [2.05, 4.69) is 134 Å². The number of benzene rings is 6. The van der Waals surface area contributed by atoms with Crippen LogP contribution in [0.5, 0.6) is 0 Å². The summed E-state index contributed by atoms with van der Waals surface area (Å²) in [6.07, 6.45) is 3.47. The number of nitrogens with zero attached hydrogens (tertiary/aromatic N) is 2. The largest absolute Gasteiger partial charge is 0.245 e. The molecule has 0 radical (unpaired) electrons. The van der Waals surface area contributed by atoms with Gasteiger partial charge in [0.25, 0.3) is 0 Å². The molecule has 1 aliphatic rings. The Bertz CT molecular complexity index is 2110. The van der Waals surface area contributed by atoms with Crippen molar-refractivity contribution in [1.29, 1.82) is 0 Å². The molecule has 0 N–H and O–H groups in total. The molecule has 0 fully saturated rings. The zero-order chi connectivity index (χ0) is 27.6. The quantitative estimate of drug-likeness (QED) is 0.215. The second kappa shape index (κ2) is 8.97. The van der Waals surface area contributed by atoms with E-state index in [1.807, 2.05) is 12.3 Å². The van der Waals surface area contributed by atoms with Crippen molar-refractivity contribution in [2.24, 2.45) is 0 Å². The second-order valence-electron chi connectivity index (χ2n) is 11.4. The van der Waals surface area contributed by atoms with Crippen LogP contribution in [0.3, 0.4) is 0 Å². The highest BCUT2D eigenvalue weighted by Gasteiger charge is 2.35. The smallest absolute Gasteiger partial charge is 0.116 e. The molecular formula is C39H28N2. The van der Waals surface area contributed by atoms with Crippen LogP contribution < -0.4 is 0 Å². The molecular weight excluding hydrogens is 496 g/mol. The molecule has 41 heavy (non-hydrogen) atoms. The molecule has 7 aromatic rings. The predicted octanol–water partition coefficient (Wildman–Crippen LogP) is 10.1. The lowest BCUT2D eigenvalue weighted by Gasteiger charge is -2.23. The lowest BCUT2D eigenvalue weighted by molar-refractivity contribution is 0.660. The van der Waals surface area contributed by atoms with E-state index in [0.29, 0.717) is 0 Å². The molecule has 2 nitrogen and oxygen atoms in total. The molecule has 0 aliphatic heterocycles. The van der Waals surface area contributed by atoms with Crippen molar-refractivity contribution < 1.29 is 0 Å². The lowest BCUT2D eigenvalue weighted by atomic mass is 9.80. The Morgan fingerprint density at radius 3 is 1.98 bits per heavy atom. The third-order valence-corrected chi connectivity index (χ3v) is 8.84. The molecule has 1 aromatic heterocycles. The van der Waals surface area contributed by atoms with Gasteiger partial charge in [-0.15, -0.1) is 0 Å². The Morgan fingerprint density at radius 2 is 1.17 bits per heavy atom. The zero-order valence-electron chi connectivity index (χ0n) is 23.1. The van der Waals surface area contributed by atoms with E-state index in [-0.39, 0.29) is 5.41 Å². The molecule has 8 rings (SSSR count). The van der Waals surface area contributed by atoms with Gasteiger partial charge >= 0.3 is 0 Å². The Hall–Kier alpha value is -5.08.